The van der Waals surface area contributed by atoms with Crippen LogP contribution in [0.3, 0.4) is 0 Å². The first-order valence-corrected chi connectivity index (χ1v) is 9.76. The van der Waals surface area contributed by atoms with Gasteiger partial charge in [-0.3, -0.25) is 9.79 Å². The van der Waals surface area contributed by atoms with E-state index in [1.54, 1.807) is 30.5 Å². The van der Waals surface area contributed by atoms with Crippen LogP contribution in [0.25, 0.3) is 0 Å². The summed E-state index contributed by atoms with van der Waals surface area (Å²) < 4.78 is 5.53. The summed E-state index contributed by atoms with van der Waals surface area (Å²) in [6.07, 6.45) is 1.70. The largest absolute Gasteiger partial charge is 0.481 e. The maximum Gasteiger partial charge on any atom is 0.262 e. The van der Waals surface area contributed by atoms with Gasteiger partial charge in [0.2, 0.25) is 0 Å². The molecule has 0 unspecified atom stereocenters. The second-order valence-corrected chi connectivity index (χ2v) is 7.38. The molecular formula is C23H20Cl2N2O2. The molecule has 0 fully saturated rings. The fourth-order valence-corrected chi connectivity index (χ4v) is 3.26. The number of nitrogens with zero attached hydrogens (tertiary/aromatic N) is 1. The molecule has 4 nitrogen and oxygen atoms in total. The molecule has 0 aliphatic carbocycles. The van der Waals surface area contributed by atoms with Crippen LogP contribution in [-0.4, -0.2) is 18.7 Å². The number of hydrogen-bond acceptors (Lipinski definition) is 3. The molecule has 0 spiro atoms. The van der Waals surface area contributed by atoms with Gasteiger partial charge in [0, 0.05) is 11.9 Å². The number of carbonyl (C=O) groups is 1. The smallest absolute Gasteiger partial charge is 0.262 e. The third-order valence-corrected chi connectivity index (χ3v) is 4.70. The van der Waals surface area contributed by atoms with E-state index in [0.29, 0.717) is 15.7 Å². The van der Waals surface area contributed by atoms with E-state index in [-0.39, 0.29) is 18.3 Å². The number of benzene rings is 3. The fraction of sp³-hybridized carbons (Fsp3) is 0.130. The number of halogens is 2. The van der Waals surface area contributed by atoms with Gasteiger partial charge >= 0.3 is 0 Å². The summed E-state index contributed by atoms with van der Waals surface area (Å²) in [4.78, 5) is 16.6. The average molecular weight is 427 g/mol. The summed E-state index contributed by atoms with van der Waals surface area (Å²) >= 11 is 12.6. The highest BCUT2D eigenvalue weighted by molar-refractivity contribution is 6.37. The van der Waals surface area contributed by atoms with Gasteiger partial charge < -0.3 is 10.1 Å². The fourth-order valence-electron chi connectivity index (χ4n) is 2.65. The lowest BCUT2D eigenvalue weighted by molar-refractivity contribution is -0.118. The molecule has 0 atom stereocenters. The Morgan fingerprint density at radius 3 is 2.41 bits per heavy atom. The van der Waals surface area contributed by atoms with Gasteiger partial charge in [-0.05, 0) is 60.9 Å². The van der Waals surface area contributed by atoms with Crippen molar-refractivity contribution in [3.8, 4) is 5.75 Å². The minimum atomic E-state index is -0.302. The van der Waals surface area contributed by atoms with Crippen molar-refractivity contribution in [2.45, 2.75) is 13.8 Å². The topological polar surface area (TPSA) is 50.7 Å². The molecule has 3 aromatic carbocycles. The van der Waals surface area contributed by atoms with Crippen LogP contribution in [0.15, 0.2) is 65.7 Å². The Hall–Kier alpha value is -2.82. The Morgan fingerprint density at radius 2 is 1.72 bits per heavy atom. The van der Waals surface area contributed by atoms with Crippen LogP contribution < -0.4 is 10.1 Å². The Bertz CT molecular complexity index is 1030. The highest BCUT2D eigenvalue weighted by Gasteiger charge is 2.12. The number of aryl methyl sites for hydroxylation is 2. The van der Waals surface area contributed by atoms with Crippen molar-refractivity contribution in [1.82, 2.24) is 0 Å². The van der Waals surface area contributed by atoms with E-state index < -0.39 is 0 Å². The van der Waals surface area contributed by atoms with Crippen LogP contribution >= 0.6 is 23.2 Å². The first-order chi connectivity index (χ1) is 13.9. The molecule has 0 aromatic heterocycles. The SMILES string of the molecule is Cc1ccc(C)c(N=Cc2cc(Cl)c(OCC(=O)Nc3ccccc3)c(Cl)c2)c1. The molecule has 148 valence electrons. The summed E-state index contributed by atoms with van der Waals surface area (Å²) in [5.74, 6) is -0.0377. The zero-order chi connectivity index (χ0) is 20.8. The summed E-state index contributed by atoms with van der Waals surface area (Å²) in [5.41, 5.74) is 4.53. The van der Waals surface area contributed by atoms with E-state index in [2.05, 4.69) is 10.3 Å². The van der Waals surface area contributed by atoms with Crippen LogP contribution in [0.4, 0.5) is 11.4 Å². The first-order valence-electron chi connectivity index (χ1n) is 9.00. The quantitative estimate of drug-likeness (QED) is 0.464. The highest BCUT2D eigenvalue weighted by Crippen LogP contribution is 2.34. The van der Waals surface area contributed by atoms with Crippen molar-refractivity contribution in [3.63, 3.8) is 0 Å². The molecule has 3 rings (SSSR count). The molecular weight excluding hydrogens is 407 g/mol. The number of para-hydroxylation sites is 1. The molecule has 0 aliphatic rings. The predicted octanol–water partition coefficient (Wildman–Crippen LogP) is 6.38. The molecule has 0 heterocycles. The maximum absolute atomic E-state index is 12.1. The summed E-state index contributed by atoms with van der Waals surface area (Å²) in [5, 5.41) is 3.36. The minimum absolute atomic E-state index is 0.204. The van der Waals surface area contributed by atoms with Crippen LogP contribution in [-0.2, 0) is 4.79 Å². The number of nitrogens with one attached hydrogen (secondary N) is 1. The number of ether oxygens (including phenoxy) is 1. The number of carbonyl (C=O) groups excluding carboxylic acids is 1. The summed E-state index contributed by atoms with van der Waals surface area (Å²) in [6.45, 7) is 3.82. The van der Waals surface area contributed by atoms with Gasteiger partial charge in [0.15, 0.2) is 12.4 Å². The molecule has 0 radical (unpaired) electrons. The summed E-state index contributed by atoms with van der Waals surface area (Å²) in [6, 6.07) is 18.6. The average Bonchev–Trinajstić information content (AvgIpc) is 2.69. The highest BCUT2D eigenvalue weighted by atomic mass is 35.5. The van der Waals surface area contributed by atoms with E-state index >= 15 is 0 Å². The monoisotopic (exact) mass is 426 g/mol. The van der Waals surface area contributed by atoms with Gasteiger partial charge in [-0.2, -0.15) is 0 Å². The molecule has 0 saturated carbocycles. The Morgan fingerprint density at radius 1 is 1.03 bits per heavy atom. The van der Waals surface area contributed by atoms with Crippen LogP contribution in [0, 0.1) is 13.8 Å². The lowest BCUT2D eigenvalue weighted by Crippen LogP contribution is -2.20. The molecule has 0 bridgehead atoms. The number of aliphatic imine (C=N–C) groups is 1. The van der Waals surface area contributed by atoms with Crippen molar-refractivity contribution in [1.29, 1.82) is 0 Å². The molecule has 29 heavy (non-hydrogen) atoms. The third kappa shape index (κ3) is 5.83. The molecule has 0 saturated heterocycles. The Balaban J connectivity index is 1.68. The second-order valence-electron chi connectivity index (χ2n) is 6.56. The van der Waals surface area contributed by atoms with Crippen LogP contribution in [0.5, 0.6) is 5.75 Å². The zero-order valence-electron chi connectivity index (χ0n) is 16.1. The van der Waals surface area contributed by atoms with Crippen molar-refractivity contribution < 1.29 is 9.53 Å². The van der Waals surface area contributed by atoms with Gasteiger partial charge in [0.25, 0.3) is 5.91 Å². The van der Waals surface area contributed by atoms with Crippen LogP contribution in [0.2, 0.25) is 10.0 Å². The number of anilines is 1. The Labute approximate surface area is 180 Å². The van der Waals surface area contributed by atoms with E-state index in [0.717, 1.165) is 22.4 Å². The standard InChI is InChI=1S/C23H20Cl2N2O2/c1-15-8-9-16(2)21(10-15)26-13-17-11-19(24)23(20(25)12-17)29-14-22(28)27-18-6-4-3-5-7-18/h3-13H,14H2,1-2H3,(H,27,28). The van der Waals surface area contributed by atoms with Gasteiger partial charge in [-0.1, -0.05) is 53.5 Å². The molecule has 3 aromatic rings. The molecule has 1 N–H and O–H groups in total. The van der Waals surface area contributed by atoms with Gasteiger partial charge in [-0.15, -0.1) is 0 Å². The lowest BCUT2D eigenvalue weighted by Gasteiger charge is -2.11. The van der Waals surface area contributed by atoms with Gasteiger partial charge in [-0.25, -0.2) is 0 Å². The van der Waals surface area contributed by atoms with Crippen molar-refractivity contribution in [3.05, 3.63) is 87.4 Å². The lowest BCUT2D eigenvalue weighted by atomic mass is 10.1. The third-order valence-electron chi connectivity index (χ3n) is 4.14. The van der Waals surface area contributed by atoms with Crippen molar-refractivity contribution >= 4 is 46.7 Å². The zero-order valence-corrected chi connectivity index (χ0v) is 17.6. The van der Waals surface area contributed by atoms with E-state index in [1.807, 2.05) is 50.2 Å². The second kappa shape index (κ2) is 9.59. The molecule has 0 aliphatic heterocycles. The van der Waals surface area contributed by atoms with Crippen molar-refractivity contribution in [2.24, 2.45) is 4.99 Å². The van der Waals surface area contributed by atoms with Crippen LogP contribution in [0.1, 0.15) is 16.7 Å². The van der Waals surface area contributed by atoms with E-state index in [1.165, 1.54) is 0 Å². The molecule has 6 heteroatoms. The van der Waals surface area contributed by atoms with Gasteiger partial charge in [0.05, 0.1) is 15.7 Å². The number of amides is 1. The maximum atomic E-state index is 12.1. The van der Waals surface area contributed by atoms with Crippen molar-refractivity contribution in [2.75, 3.05) is 11.9 Å². The Kier molecular flexibility index (Phi) is 6.91. The molecule has 1 amide bonds. The number of rotatable bonds is 6. The summed E-state index contributed by atoms with van der Waals surface area (Å²) in [7, 11) is 0. The van der Waals surface area contributed by atoms with E-state index in [4.69, 9.17) is 27.9 Å². The minimum Gasteiger partial charge on any atom is -0.481 e. The predicted molar refractivity (Wildman–Crippen MR) is 120 cm³/mol. The number of hydrogen-bond donors (Lipinski definition) is 1. The first kappa shape index (κ1) is 20.9. The van der Waals surface area contributed by atoms with E-state index in [9.17, 15) is 4.79 Å². The normalized spacial score (nSPS) is 10.9. The van der Waals surface area contributed by atoms with Gasteiger partial charge in [0.1, 0.15) is 0 Å².